The van der Waals surface area contributed by atoms with Gasteiger partial charge in [0.2, 0.25) is 0 Å². The van der Waals surface area contributed by atoms with Crippen LogP contribution < -0.4 is 5.32 Å². The summed E-state index contributed by atoms with van der Waals surface area (Å²) in [6, 6.07) is 6.50. The Morgan fingerprint density at radius 2 is 2.19 bits per heavy atom. The second kappa shape index (κ2) is 6.05. The number of anilines is 1. The minimum absolute atomic E-state index is 0.386. The summed E-state index contributed by atoms with van der Waals surface area (Å²) < 4.78 is 1.87. The van der Waals surface area contributed by atoms with E-state index in [2.05, 4.69) is 32.5 Å². The zero-order valence-corrected chi connectivity index (χ0v) is 14.7. The molecule has 4 heterocycles. The molecule has 0 fully saturated rings. The summed E-state index contributed by atoms with van der Waals surface area (Å²) >= 11 is 0. The van der Waals surface area contributed by atoms with Crippen LogP contribution in [-0.4, -0.2) is 38.4 Å². The summed E-state index contributed by atoms with van der Waals surface area (Å²) in [5, 5.41) is 8.13. The summed E-state index contributed by atoms with van der Waals surface area (Å²) in [6.45, 7) is 2.94. The van der Waals surface area contributed by atoms with E-state index < -0.39 is 0 Å². The van der Waals surface area contributed by atoms with E-state index in [1.807, 2.05) is 36.1 Å². The molecule has 1 aliphatic heterocycles. The van der Waals surface area contributed by atoms with Gasteiger partial charge in [-0.3, -0.25) is 9.98 Å². The van der Waals surface area contributed by atoms with Gasteiger partial charge in [-0.1, -0.05) is 0 Å². The predicted molar refractivity (Wildman–Crippen MR) is 103 cm³/mol. The summed E-state index contributed by atoms with van der Waals surface area (Å²) in [5.41, 5.74) is 6.81. The Morgan fingerprint density at radius 3 is 3.12 bits per heavy atom. The van der Waals surface area contributed by atoms with Crippen LogP contribution in [0.2, 0.25) is 0 Å². The second-order valence-corrected chi connectivity index (χ2v) is 7.06. The fourth-order valence-corrected chi connectivity index (χ4v) is 3.80. The number of aryl methyl sites for hydroxylation is 1. The van der Waals surface area contributed by atoms with Gasteiger partial charge in [0.1, 0.15) is 5.82 Å². The average Bonchev–Trinajstić information content (AvgIpc) is 3.30. The molecule has 0 amide bonds. The highest BCUT2D eigenvalue weighted by Gasteiger charge is 2.23. The lowest BCUT2D eigenvalue weighted by atomic mass is 9.90. The van der Waals surface area contributed by atoms with Crippen LogP contribution in [0.5, 0.6) is 0 Å². The van der Waals surface area contributed by atoms with E-state index >= 15 is 0 Å². The van der Waals surface area contributed by atoms with Crippen molar-refractivity contribution in [1.82, 2.24) is 19.6 Å². The third kappa shape index (κ3) is 2.67. The maximum Gasteiger partial charge on any atom is 0.157 e. The maximum absolute atomic E-state index is 4.74. The molecule has 1 aliphatic carbocycles. The summed E-state index contributed by atoms with van der Waals surface area (Å²) in [6.07, 6.45) is 10.8. The van der Waals surface area contributed by atoms with E-state index in [1.54, 1.807) is 6.20 Å². The van der Waals surface area contributed by atoms with E-state index in [0.717, 1.165) is 54.1 Å². The Kier molecular flexibility index (Phi) is 3.55. The van der Waals surface area contributed by atoms with Crippen molar-refractivity contribution < 1.29 is 0 Å². The molecule has 1 unspecified atom stereocenters. The molecule has 0 spiro atoms. The first-order valence-electron chi connectivity index (χ1n) is 9.00. The van der Waals surface area contributed by atoms with Crippen LogP contribution in [0.3, 0.4) is 0 Å². The average molecular weight is 344 g/mol. The number of aromatic nitrogens is 4. The summed E-state index contributed by atoms with van der Waals surface area (Å²) in [4.78, 5) is 13.5. The third-order valence-corrected chi connectivity index (χ3v) is 5.13. The molecule has 6 nitrogen and oxygen atoms in total. The number of pyridine rings is 1. The smallest absolute Gasteiger partial charge is 0.157 e. The van der Waals surface area contributed by atoms with Crippen molar-refractivity contribution >= 4 is 17.7 Å². The van der Waals surface area contributed by atoms with E-state index in [0.29, 0.717) is 6.04 Å². The standard InChI is InChI=1S/C20H20N6/c1-13-6-16(12-21-9-13)18-8-20(26-19(25-18)4-5-23-26)24-17-3-2-14-10-22-11-15(14)7-17/h4-6,8-9,11-12,17,24H,2-3,7,10H2,1H3. The number of hydrogen-bond acceptors (Lipinski definition) is 5. The molecule has 0 saturated carbocycles. The number of hydrogen-bond donors (Lipinski definition) is 1. The molecule has 1 atom stereocenters. The lowest BCUT2D eigenvalue weighted by Crippen LogP contribution is -2.25. The largest absolute Gasteiger partial charge is 0.367 e. The van der Waals surface area contributed by atoms with Crippen LogP contribution in [0.1, 0.15) is 24.8 Å². The quantitative estimate of drug-likeness (QED) is 0.790. The van der Waals surface area contributed by atoms with Gasteiger partial charge in [-0.25, -0.2) is 4.98 Å². The number of fused-ring (bicyclic) bond motifs is 1. The van der Waals surface area contributed by atoms with Gasteiger partial charge in [-0.05, 0) is 49.0 Å². The number of nitrogens with zero attached hydrogens (tertiary/aromatic N) is 5. The third-order valence-electron chi connectivity index (χ3n) is 5.13. The van der Waals surface area contributed by atoms with Gasteiger partial charge in [0, 0.05) is 42.3 Å². The Bertz CT molecular complexity index is 1050. The molecule has 130 valence electrons. The molecule has 5 rings (SSSR count). The van der Waals surface area contributed by atoms with Gasteiger partial charge < -0.3 is 5.32 Å². The Labute approximate surface area is 151 Å². The molecule has 1 N–H and O–H groups in total. The van der Waals surface area contributed by atoms with Crippen LogP contribution in [0.25, 0.3) is 16.9 Å². The van der Waals surface area contributed by atoms with Gasteiger partial charge in [0.25, 0.3) is 0 Å². The molecular weight excluding hydrogens is 324 g/mol. The number of rotatable bonds is 3. The van der Waals surface area contributed by atoms with Crippen LogP contribution in [-0.2, 0) is 0 Å². The van der Waals surface area contributed by atoms with Gasteiger partial charge >= 0.3 is 0 Å². The highest BCUT2D eigenvalue weighted by Crippen LogP contribution is 2.30. The SMILES string of the molecule is Cc1cncc(-c2cc(NC3CCC4=C(C=NC4)C3)n3nccc3n2)c1. The van der Waals surface area contributed by atoms with Gasteiger partial charge in [-0.15, -0.1) is 0 Å². The minimum Gasteiger partial charge on any atom is -0.367 e. The highest BCUT2D eigenvalue weighted by atomic mass is 15.3. The predicted octanol–water partition coefficient (Wildman–Crippen LogP) is 3.45. The minimum atomic E-state index is 0.386. The fourth-order valence-electron chi connectivity index (χ4n) is 3.80. The van der Waals surface area contributed by atoms with Crippen LogP contribution in [0.15, 0.2) is 52.9 Å². The first-order valence-corrected chi connectivity index (χ1v) is 9.00. The molecule has 2 aliphatic rings. The van der Waals surface area contributed by atoms with E-state index in [4.69, 9.17) is 4.98 Å². The van der Waals surface area contributed by atoms with Crippen molar-refractivity contribution in [2.24, 2.45) is 4.99 Å². The van der Waals surface area contributed by atoms with Crippen molar-refractivity contribution in [2.75, 3.05) is 11.9 Å². The van der Waals surface area contributed by atoms with Gasteiger partial charge in [-0.2, -0.15) is 9.61 Å². The topological polar surface area (TPSA) is 67.5 Å². The Balaban J connectivity index is 1.51. The van der Waals surface area contributed by atoms with Crippen molar-refractivity contribution in [3.05, 3.63) is 53.5 Å². The lowest BCUT2D eigenvalue weighted by Gasteiger charge is -2.25. The van der Waals surface area contributed by atoms with Crippen molar-refractivity contribution in [3.8, 4) is 11.3 Å². The highest BCUT2D eigenvalue weighted by molar-refractivity contribution is 5.83. The molecular formula is C20H20N6. The number of nitrogens with one attached hydrogen (secondary N) is 1. The first-order chi connectivity index (χ1) is 12.8. The van der Waals surface area contributed by atoms with Crippen LogP contribution in [0, 0.1) is 6.92 Å². The first kappa shape index (κ1) is 15.3. The normalized spacial score (nSPS) is 19.2. The van der Waals surface area contributed by atoms with E-state index in [1.165, 1.54) is 11.1 Å². The molecule has 0 aromatic carbocycles. The molecule has 26 heavy (non-hydrogen) atoms. The van der Waals surface area contributed by atoms with Gasteiger partial charge in [0.05, 0.1) is 18.4 Å². The second-order valence-electron chi connectivity index (χ2n) is 7.06. The van der Waals surface area contributed by atoms with E-state index in [-0.39, 0.29) is 0 Å². The van der Waals surface area contributed by atoms with Crippen LogP contribution >= 0.6 is 0 Å². The van der Waals surface area contributed by atoms with E-state index in [9.17, 15) is 0 Å². The molecule has 3 aromatic rings. The lowest BCUT2D eigenvalue weighted by molar-refractivity contribution is 0.610. The number of aliphatic imine (C=N–C) groups is 1. The van der Waals surface area contributed by atoms with Crippen molar-refractivity contribution in [2.45, 2.75) is 32.2 Å². The van der Waals surface area contributed by atoms with Crippen LogP contribution in [0.4, 0.5) is 5.82 Å². The van der Waals surface area contributed by atoms with Crippen molar-refractivity contribution in [3.63, 3.8) is 0 Å². The Hall–Kier alpha value is -3.02. The van der Waals surface area contributed by atoms with Gasteiger partial charge in [0.15, 0.2) is 5.65 Å². The molecule has 6 heteroatoms. The fraction of sp³-hybridized carbons (Fsp3) is 0.300. The molecule has 0 radical (unpaired) electrons. The maximum atomic E-state index is 4.74. The zero-order valence-electron chi connectivity index (χ0n) is 14.7. The molecule has 3 aromatic heterocycles. The van der Waals surface area contributed by atoms with Crippen molar-refractivity contribution in [1.29, 1.82) is 0 Å². The zero-order chi connectivity index (χ0) is 17.5. The Morgan fingerprint density at radius 1 is 1.23 bits per heavy atom. The summed E-state index contributed by atoms with van der Waals surface area (Å²) in [7, 11) is 0. The molecule has 0 saturated heterocycles. The monoisotopic (exact) mass is 344 g/mol. The summed E-state index contributed by atoms with van der Waals surface area (Å²) in [5.74, 6) is 0.973. The molecule has 0 bridgehead atoms.